The second kappa shape index (κ2) is 16.5. The van der Waals surface area contributed by atoms with E-state index >= 15 is 0 Å². The Balaban J connectivity index is 3.15. The molecular formula is C18H33. The molecule has 0 rings (SSSR count). The lowest BCUT2D eigenvalue weighted by Crippen LogP contribution is -1.76. The Hall–Kier alpha value is -0.520. The smallest absolute Gasteiger partial charge is 0.0348 e. The van der Waals surface area contributed by atoms with Crippen LogP contribution >= 0.6 is 0 Å². The van der Waals surface area contributed by atoms with Crippen LogP contribution in [0.1, 0.15) is 84.0 Å². The van der Waals surface area contributed by atoms with E-state index in [9.17, 15) is 0 Å². The van der Waals surface area contributed by atoms with E-state index in [0.717, 1.165) is 6.42 Å². The van der Waals surface area contributed by atoms with Crippen LogP contribution in [0, 0.1) is 6.92 Å². The largest absolute Gasteiger partial charge is 0.0845 e. The molecule has 0 amide bonds. The van der Waals surface area contributed by atoms with E-state index < -0.39 is 0 Å². The summed E-state index contributed by atoms with van der Waals surface area (Å²) in [5.41, 5.74) is 0. The molecule has 0 N–H and O–H groups in total. The molecule has 0 heterocycles. The summed E-state index contributed by atoms with van der Waals surface area (Å²) in [6, 6.07) is 0. The molecule has 0 nitrogen and oxygen atoms in total. The molecule has 0 fully saturated rings. The molecule has 18 heavy (non-hydrogen) atoms. The van der Waals surface area contributed by atoms with Gasteiger partial charge in [0.15, 0.2) is 0 Å². The molecule has 0 saturated carbocycles. The Labute approximate surface area is 116 Å². The molecule has 0 spiro atoms. The van der Waals surface area contributed by atoms with Crippen LogP contribution in [0.25, 0.3) is 0 Å². The molecule has 0 aromatic heterocycles. The van der Waals surface area contributed by atoms with Crippen molar-refractivity contribution in [3.05, 3.63) is 31.2 Å². The average molecular weight is 249 g/mol. The standard InChI is InChI=1S/C18H33/c1-3-5-7-9-11-13-15-17-18-16-14-12-10-8-6-4-2/h15-18H,1,3-14H2,2H3. The summed E-state index contributed by atoms with van der Waals surface area (Å²) in [6.45, 7) is 6.13. The van der Waals surface area contributed by atoms with Gasteiger partial charge in [0.1, 0.15) is 0 Å². The molecule has 1 radical (unpaired) electrons. The Bertz CT molecular complexity index is 166. The third-order valence-corrected chi connectivity index (χ3v) is 3.23. The highest BCUT2D eigenvalue weighted by molar-refractivity contribution is 5.02. The van der Waals surface area contributed by atoms with Crippen LogP contribution in [0.5, 0.6) is 0 Å². The van der Waals surface area contributed by atoms with Crippen molar-refractivity contribution in [2.45, 2.75) is 84.0 Å². The lowest BCUT2D eigenvalue weighted by atomic mass is 10.1. The van der Waals surface area contributed by atoms with Gasteiger partial charge in [0.2, 0.25) is 0 Å². The van der Waals surface area contributed by atoms with Crippen molar-refractivity contribution < 1.29 is 0 Å². The highest BCUT2D eigenvalue weighted by Gasteiger charge is 1.86. The molecule has 0 aromatic carbocycles. The molecule has 0 atom stereocenters. The summed E-state index contributed by atoms with van der Waals surface area (Å²) >= 11 is 0. The minimum atomic E-state index is 1.09. The van der Waals surface area contributed by atoms with Crippen LogP contribution in [-0.4, -0.2) is 0 Å². The van der Waals surface area contributed by atoms with Gasteiger partial charge in [-0.15, -0.1) is 0 Å². The molecule has 0 aliphatic carbocycles. The van der Waals surface area contributed by atoms with Crippen molar-refractivity contribution in [3.8, 4) is 0 Å². The molecule has 105 valence electrons. The molecular weight excluding hydrogens is 216 g/mol. The van der Waals surface area contributed by atoms with Crippen molar-refractivity contribution in [2.75, 3.05) is 0 Å². The van der Waals surface area contributed by atoms with Gasteiger partial charge in [-0.3, -0.25) is 0 Å². The van der Waals surface area contributed by atoms with Crippen LogP contribution in [0.15, 0.2) is 24.3 Å². The number of hydrogen-bond donors (Lipinski definition) is 0. The molecule has 0 heteroatoms. The predicted octanol–water partition coefficient (Wildman–Crippen LogP) is 6.63. The second-order valence-electron chi connectivity index (χ2n) is 5.12. The maximum atomic E-state index is 3.86. The van der Waals surface area contributed by atoms with E-state index in [-0.39, 0.29) is 0 Å². The van der Waals surface area contributed by atoms with E-state index in [4.69, 9.17) is 0 Å². The third kappa shape index (κ3) is 15.5. The lowest BCUT2D eigenvalue weighted by molar-refractivity contribution is 0.637. The molecule has 0 aliphatic heterocycles. The first kappa shape index (κ1) is 17.5. The van der Waals surface area contributed by atoms with Crippen LogP contribution < -0.4 is 0 Å². The van der Waals surface area contributed by atoms with Gasteiger partial charge in [-0.1, -0.05) is 89.5 Å². The zero-order valence-electron chi connectivity index (χ0n) is 12.5. The lowest BCUT2D eigenvalue weighted by Gasteiger charge is -1.96. The third-order valence-electron chi connectivity index (χ3n) is 3.23. The van der Waals surface area contributed by atoms with Gasteiger partial charge < -0.3 is 0 Å². The van der Waals surface area contributed by atoms with Gasteiger partial charge in [-0.25, -0.2) is 0 Å². The maximum Gasteiger partial charge on any atom is -0.0348 e. The Morgan fingerprint density at radius 3 is 1.67 bits per heavy atom. The van der Waals surface area contributed by atoms with Gasteiger partial charge in [0.25, 0.3) is 0 Å². The monoisotopic (exact) mass is 249 g/mol. The Morgan fingerprint density at radius 1 is 0.667 bits per heavy atom. The van der Waals surface area contributed by atoms with Crippen LogP contribution in [-0.2, 0) is 0 Å². The van der Waals surface area contributed by atoms with Gasteiger partial charge in [-0.2, -0.15) is 0 Å². The summed E-state index contributed by atoms with van der Waals surface area (Å²) in [4.78, 5) is 0. The van der Waals surface area contributed by atoms with E-state index in [1.807, 2.05) is 0 Å². The average Bonchev–Trinajstić information content (AvgIpc) is 2.39. The summed E-state index contributed by atoms with van der Waals surface area (Å²) in [5, 5.41) is 0. The highest BCUT2D eigenvalue weighted by Crippen LogP contribution is 2.06. The SMILES string of the molecule is [CH2]CCCCCCC=CC=CCCCCCCC. The highest BCUT2D eigenvalue weighted by atomic mass is 13.9. The van der Waals surface area contributed by atoms with Gasteiger partial charge in [0.05, 0.1) is 0 Å². The summed E-state index contributed by atoms with van der Waals surface area (Å²) in [5.74, 6) is 0. The van der Waals surface area contributed by atoms with Crippen molar-refractivity contribution >= 4 is 0 Å². The number of allylic oxidation sites excluding steroid dienone is 4. The van der Waals surface area contributed by atoms with E-state index in [0.29, 0.717) is 0 Å². The molecule has 0 unspecified atom stereocenters. The number of rotatable bonds is 13. The van der Waals surface area contributed by atoms with Crippen molar-refractivity contribution in [3.63, 3.8) is 0 Å². The normalized spacial score (nSPS) is 11.9. The van der Waals surface area contributed by atoms with Crippen molar-refractivity contribution in [1.82, 2.24) is 0 Å². The first-order valence-corrected chi connectivity index (χ1v) is 8.02. The van der Waals surface area contributed by atoms with Crippen LogP contribution in [0.4, 0.5) is 0 Å². The topological polar surface area (TPSA) is 0 Å². The van der Waals surface area contributed by atoms with Gasteiger partial charge in [-0.05, 0) is 25.7 Å². The first-order chi connectivity index (χ1) is 8.91. The molecule has 0 aromatic rings. The van der Waals surface area contributed by atoms with Crippen LogP contribution in [0.2, 0.25) is 0 Å². The summed E-state index contributed by atoms with van der Waals surface area (Å²) in [6.07, 6.45) is 24.9. The van der Waals surface area contributed by atoms with Crippen molar-refractivity contribution in [2.24, 2.45) is 0 Å². The van der Waals surface area contributed by atoms with Gasteiger partial charge >= 0.3 is 0 Å². The zero-order chi connectivity index (χ0) is 13.3. The number of hydrogen-bond acceptors (Lipinski definition) is 0. The van der Waals surface area contributed by atoms with Crippen LogP contribution in [0.3, 0.4) is 0 Å². The molecule has 0 aliphatic rings. The van der Waals surface area contributed by atoms with Crippen molar-refractivity contribution in [1.29, 1.82) is 0 Å². The first-order valence-electron chi connectivity index (χ1n) is 8.02. The summed E-state index contributed by atoms with van der Waals surface area (Å²) < 4.78 is 0. The summed E-state index contributed by atoms with van der Waals surface area (Å²) in [7, 11) is 0. The quantitative estimate of drug-likeness (QED) is 0.254. The van der Waals surface area contributed by atoms with E-state index in [1.165, 1.54) is 70.6 Å². The fourth-order valence-corrected chi connectivity index (χ4v) is 2.01. The van der Waals surface area contributed by atoms with E-state index in [2.05, 4.69) is 38.2 Å². The number of unbranched alkanes of at least 4 members (excludes halogenated alkanes) is 10. The minimum Gasteiger partial charge on any atom is -0.0845 e. The second-order valence-corrected chi connectivity index (χ2v) is 5.12. The molecule has 0 bridgehead atoms. The van der Waals surface area contributed by atoms with E-state index in [1.54, 1.807) is 0 Å². The van der Waals surface area contributed by atoms with Gasteiger partial charge in [0, 0.05) is 0 Å². The molecule has 0 saturated heterocycles. The zero-order valence-corrected chi connectivity index (χ0v) is 12.5. The maximum absolute atomic E-state index is 3.86. The minimum absolute atomic E-state index is 1.09. The Kier molecular flexibility index (Phi) is 16.0. The fraction of sp³-hybridized carbons (Fsp3) is 0.722. The predicted molar refractivity (Wildman–Crippen MR) is 84.7 cm³/mol. The fourth-order valence-electron chi connectivity index (χ4n) is 2.01. The Morgan fingerprint density at radius 2 is 1.17 bits per heavy atom.